The first-order chi connectivity index (χ1) is 8.84. The molecule has 2 rings (SSSR count). The topological polar surface area (TPSA) is 30.5 Å². The van der Waals surface area contributed by atoms with Gasteiger partial charge in [0.15, 0.2) is 0 Å². The van der Waals surface area contributed by atoms with Crippen molar-refractivity contribution in [2.75, 3.05) is 31.7 Å². The summed E-state index contributed by atoms with van der Waals surface area (Å²) in [4.78, 5) is 0. The molecule has 1 aromatic rings. The molecular weight excluding hydrogens is 226 g/mol. The molecule has 1 aromatic carbocycles. The molecule has 1 atom stereocenters. The van der Waals surface area contributed by atoms with E-state index in [-0.39, 0.29) is 0 Å². The fourth-order valence-electron chi connectivity index (χ4n) is 2.09. The fraction of sp³-hybridized carbons (Fsp3) is 0.600. The Labute approximate surface area is 109 Å². The molecule has 1 saturated heterocycles. The normalized spacial score (nSPS) is 19.7. The van der Waals surface area contributed by atoms with Crippen molar-refractivity contribution in [1.29, 1.82) is 0 Å². The molecule has 1 aliphatic heterocycles. The molecule has 3 heteroatoms. The van der Waals surface area contributed by atoms with Crippen LogP contribution in [0, 0.1) is 6.92 Å². The third kappa shape index (κ3) is 4.67. The highest BCUT2D eigenvalue weighted by Crippen LogP contribution is 2.12. The Hall–Kier alpha value is -1.06. The van der Waals surface area contributed by atoms with Gasteiger partial charge in [0.25, 0.3) is 0 Å². The molecular formula is C15H23NO2. The summed E-state index contributed by atoms with van der Waals surface area (Å²) in [7, 11) is 0. The zero-order valence-corrected chi connectivity index (χ0v) is 11.2. The molecule has 0 aliphatic carbocycles. The van der Waals surface area contributed by atoms with E-state index in [0.29, 0.717) is 6.10 Å². The number of ether oxygens (including phenoxy) is 2. The maximum atomic E-state index is 5.63. The van der Waals surface area contributed by atoms with Crippen molar-refractivity contribution >= 4 is 5.69 Å². The van der Waals surface area contributed by atoms with Crippen LogP contribution < -0.4 is 5.32 Å². The molecule has 18 heavy (non-hydrogen) atoms. The number of anilines is 1. The van der Waals surface area contributed by atoms with Crippen LogP contribution in [0.4, 0.5) is 5.69 Å². The van der Waals surface area contributed by atoms with Crippen LogP contribution in [-0.4, -0.2) is 32.5 Å². The van der Waals surface area contributed by atoms with E-state index in [4.69, 9.17) is 9.47 Å². The van der Waals surface area contributed by atoms with Crippen molar-refractivity contribution < 1.29 is 9.47 Å². The van der Waals surface area contributed by atoms with Crippen LogP contribution in [0.1, 0.15) is 24.8 Å². The van der Waals surface area contributed by atoms with Gasteiger partial charge in [0.05, 0.1) is 19.3 Å². The van der Waals surface area contributed by atoms with Crippen molar-refractivity contribution in [2.24, 2.45) is 0 Å². The number of aryl methyl sites for hydroxylation is 1. The quantitative estimate of drug-likeness (QED) is 0.786. The first-order valence-electron chi connectivity index (χ1n) is 6.84. The van der Waals surface area contributed by atoms with Gasteiger partial charge < -0.3 is 14.8 Å². The minimum absolute atomic E-state index is 0.318. The number of nitrogens with one attached hydrogen (secondary N) is 1. The van der Waals surface area contributed by atoms with Gasteiger partial charge in [0, 0.05) is 18.8 Å². The van der Waals surface area contributed by atoms with Gasteiger partial charge in [-0.25, -0.2) is 0 Å². The highest BCUT2D eigenvalue weighted by molar-refractivity contribution is 5.44. The zero-order valence-electron chi connectivity index (χ0n) is 11.2. The Kier molecular flexibility index (Phi) is 5.49. The van der Waals surface area contributed by atoms with E-state index in [1.54, 1.807) is 0 Å². The third-order valence-electron chi connectivity index (χ3n) is 3.20. The number of hydrogen-bond acceptors (Lipinski definition) is 3. The van der Waals surface area contributed by atoms with Gasteiger partial charge in [-0.2, -0.15) is 0 Å². The highest BCUT2D eigenvalue weighted by Gasteiger charge is 2.13. The monoisotopic (exact) mass is 249 g/mol. The highest BCUT2D eigenvalue weighted by atomic mass is 16.5. The molecule has 0 spiro atoms. The number of rotatable bonds is 6. The van der Waals surface area contributed by atoms with E-state index in [2.05, 4.69) is 36.5 Å². The Morgan fingerprint density at radius 2 is 2.11 bits per heavy atom. The lowest BCUT2D eigenvalue weighted by Crippen LogP contribution is -2.25. The van der Waals surface area contributed by atoms with Gasteiger partial charge in [-0.3, -0.25) is 0 Å². The molecule has 0 aromatic heterocycles. The van der Waals surface area contributed by atoms with E-state index in [1.807, 2.05) is 0 Å². The van der Waals surface area contributed by atoms with Crippen LogP contribution in [0.3, 0.4) is 0 Å². The first kappa shape index (κ1) is 13.4. The molecule has 0 saturated carbocycles. The minimum Gasteiger partial charge on any atom is -0.383 e. The number of benzene rings is 1. The zero-order chi connectivity index (χ0) is 12.6. The third-order valence-corrected chi connectivity index (χ3v) is 3.20. The van der Waals surface area contributed by atoms with Crippen molar-refractivity contribution in [3.8, 4) is 0 Å². The summed E-state index contributed by atoms with van der Waals surface area (Å²) < 4.78 is 11.2. The van der Waals surface area contributed by atoms with Crippen molar-refractivity contribution in [1.82, 2.24) is 0 Å². The summed E-state index contributed by atoms with van der Waals surface area (Å²) >= 11 is 0. The van der Waals surface area contributed by atoms with Crippen molar-refractivity contribution in [2.45, 2.75) is 32.3 Å². The molecule has 3 nitrogen and oxygen atoms in total. The van der Waals surface area contributed by atoms with Crippen LogP contribution in [0.5, 0.6) is 0 Å². The van der Waals surface area contributed by atoms with E-state index in [1.165, 1.54) is 18.4 Å². The molecule has 0 radical (unpaired) electrons. The summed E-state index contributed by atoms with van der Waals surface area (Å²) in [6.45, 7) is 5.30. The van der Waals surface area contributed by atoms with Crippen molar-refractivity contribution in [3.63, 3.8) is 0 Å². The Balaban J connectivity index is 1.54. The van der Waals surface area contributed by atoms with E-state index >= 15 is 0 Å². The average Bonchev–Trinajstić information content (AvgIpc) is 2.42. The van der Waals surface area contributed by atoms with Gasteiger partial charge in [-0.05, 0) is 38.3 Å². The molecule has 1 N–H and O–H groups in total. The molecule has 1 unspecified atom stereocenters. The lowest BCUT2D eigenvalue weighted by atomic mass is 10.1. The van der Waals surface area contributed by atoms with Gasteiger partial charge in [-0.15, -0.1) is 0 Å². The fourth-order valence-corrected chi connectivity index (χ4v) is 2.09. The summed E-state index contributed by atoms with van der Waals surface area (Å²) in [5.41, 5.74) is 2.43. The predicted molar refractivity (Wildman–Crippen MR) is 74.1 cm³/mol. The standard InChI is InChI=1S/C15H23NO2/c1-13-5-7-14(8-6-13)16-9-11-17-12-15-4-2-3-10-18-15/h5-8,15-16H,2-4,9-12H2,1H3. The van der Waals surface area contributed by atoms with Crippen LogP contribution in [0.25, 0.3) is 0 Å². The summed E-state index contributed by atoms with van der Waals surface area (Å²) in [5.74, 6) is 0. The molecule has 1 aliphatic rings. The van der Waals surface area contributed by atoms with Crippen LogP contribution >= 0.6 is 0 Å². The van der Waals surface area contributed by atoms with Crippen LogP contribution in [-0.2, 0) is 9.47 Å². The lowest BCUT2D eigenvalue weighted by Gasteiger charge is -2.22. The Bertz CT molecular complexity index is 331. The number of hydrogen-bond donors (Lipinski definition) is 1. The van der Waals surface area contributed by atoms with Gasteiger partial charge in [0.1, 0.15) is 0 Å². The Morgan fingerprint density at radius 3 is 2.83 bits per heavy atom. The smallest absolute Gasteiger partial charge is 0.0808 e. The SMILES string of the molecule is Cc1ccc(NCCOCC2CCCCO2)cc1. The van der Waals surface area contributed by atoms with Gasteiger partial charge in [-0.1, -0.05) is 17.7 Å². The molecule has 0 bridgehead atoms. The second-order valence-electron chi connectivity index (χ2n) is 4.86. The Morgan fingerprint density at radius 1 is 1.28 bits per heavy atom. The van der Waals surface area contributed by atoms with Crippen LogP contribution in [0.2, 0.25) is 0 Å². The van der Waals surface area contributed by atoms with E-state index in [0.717, 1.165) is 38.5 Å². The molecule has 100 valence electrons. The first-order valence-corrected chi connectivity index (χ1v) is 6.84. The predicted octanol–water partition coefficient (Wildman–Crippen LogP) is 2.99. The maximum Gasteiger partial charge on any atom is 0.0808 e. The largest absolute Gasteiger partial charge is 0.383 e. The molecule has 1 fully saturated rings. The van der Waals surface area contributed by atoms with Crippen molar-refractivity contribution in [3.05, 3.63) is 29.8 Å². The van der Waals surface area contributed by atoms with Gasteiger partial charge in [0.2, 0.25) is 0 Å². The average molecular weight is 249 g/mol. The lowest BCUT2D eigenvalue weighted by molar-refractivity contribution is -0.0387. The van der Waals surface area contributed by atoms with E-state index in [9.17, 15) is 0 Å². The van der Waals surface area contributed by atoms with Crippen LogP contribution in [0.15, 0.2) is 24.3 Å². The summed E-state index contributed by atoms with van der Waals surface area (Å²) in [5, 5.41) is 3.34. The molecule has 1 heterocycles. The van der Waals surface area contributed by atoms with Gasteiger partial charge >= 0.3 is 0 Å². The summed E-state index contributed by atoms with van der Waals surface area (Å²) in [6.07, 6.45) is 3.94. The summed E-state index contributed by atoms with van der Waals surface area (Å²) in [6, 6.07) is 8.41. The molecule has 0 amide bonds. The second-order valence-corrected chi connectivity index (χ2v) is 4.86. The second kappa shape index (κ2) is 7.39. The van der Waals surface area contributed by atoms with E-state index < -0.39 is 0 Å². The minimum atomic E-state index is 0.318. The maximum absolute atomic E-state index is 5.63.